The summed E-state index contributed by atoms with van der Waals surface area (Å²) >= 11 is 0. The molecule has 1 aromatic heterocycles. The second kappa shape index (κ2) is 7.44. The molecule has 3 heterocycles. The Morgan fingerprint density at radius 3 is 2.48 bits per heavy atom. The molecule has 2 aliphatic heterocycles. The summed E-state index contributed by atoms with van der Waals surface area (Å²) in [5.74, 6) is 0.530. The summed E-state index contributed by atoms with van der Waals surface area (Å²) in [6, 6.07) is 9.02. The molecule has 2 amide bonds. The first-order valence-corrected chi connectivity index (χ1v) is 10.0. The van der Waals surface area contributed by atoms with Gasteiger partial charge < -0.3 is 15.1 Å². The first-order chi connectivity index (χ1) is 13.9. The molecule has 0 unspecified atom stereocenters. The smallest absolute Gasteiger partial charge is 0.285 e. The quantitative estimate of drug-likeness (QED) is 0.783. The third-order valence-electron chi connectivity index (χ3n) is 5.95. The van der Waals surface area contributed by atoms with Crippen molar-refractivity contribution in [1.82, 2.24) is 9.97 Å². The standard InChI is InChI=1S/C21H26N6O2/c1-15(25-11-13-26(14-12-25)20-22-9-6-10-23-20)18(28)27-17-8-5-4-7-16(17)24-19(29)21(27,2)3/h4-10,15H,11-14H2,1-3H3,(H,24,29)/p+1/t15-/m0/s1. The summed E-state index contributed by atoms with van der Waals surface area (Å²) in [4.78, 5) is 39.9. The van der Waals surface area contributed by atoms with E-state index >= 15 is 0 Å². The highest BCUT2D eigenvalue weighted by molar-refractivity contribution is 6.14. The van der Waals surface area contributed by atoms with Crippen LogP contribution in [0.1, 0.15) is 20.8 Å². The van der Waals surface area contributed by atoms with Crippen molar-refractivity contribution in [3.63, 3.8) is 0 Å². The molecule has 1 saturated heterocycles. The van der Waals surface area contributed by atoms with E-state index in [1.165, 1.54) is 4.90 Å². The number of nitrogens with one attached hydrogen (secondary N) is 2. The van der Waals surface area contributed by atoms with Gasteiger partial charge in [0, 0.05) is 12.4 Å². The van der Waals surface area contributed by atoms with Crippen LogP contribution >= 0.6 is 0 Å². The lowest BCUT2D eigenvalue weighted by Crippen LogP contribution is -3.19. The van der Waals surface area contributed by atoms with E-state index in [9.17, 15) is 9.59 Å². The number of piperazine rings is 1. The fourth-order valence-corrected chi connectivity index (χ4v) is 4.10. The minimum atomic E-state index is -0.946. The number of para-hydroxylation sites is 2. The van der Waals surface area contributed by atoms with Gasteiger partial charge in [-0.15, -0.1) is 0 Å². The average molecular weight is 395 g/mol. The number of hydrogen-bond donors (Lipinski definition) is 2. The molecule has 1 fully saturated rings. The van der Waals surface area contributed by atoms with Crippen LogP contribution in [0.5, 0.6) is 0 Å². The number of rotatable bonds is 3. The van der Waals surface area contributed by atoms with Gasteiger partial charge in [0.15, 0.2) is 6.04 Å². The lowest BCUT2D eigenvalue weighted by Gasteiger charge is -2.44. The predicted octanol–water partition coefficient (Wildman–Crippen LogP) is 0.334. The molecule has 1 atom stereocenters. The maximum atomic E-state index is 13.6. The number of benzene rings is 1. The molecule has 0 radical (unpaired) electrons. The maximum absolute atomic E-state index is 13.6. The van der Waals surface area contributed by atoms with Crippen molar-refractivity contribution in [2.45, 2.75) is 32.4 Å². The number of amides is 2. The van der Waals surface area contributed by atoms with E-state index in [-0.39, 0.29) is 17.9 Å². The Hall–Kier alpha value is -3.00. The van der Waals surface area contributed by atoms with Crippen molar-refractivity contribution in [2.24, 2.45) is 0 Å². The Balaban J connectivity index is 1.51. The van der Waals surface area contributed by atoms with E-state index in [4.69, 9.17) is 0 Å². The van der Waals surface area contributed by atoms with Crippen LogP contribution in [0, 0.1) is 0 Å². The van der Waals surface area contributed by atoms with Crippen molar-refractivity contribution >= 4 is 29.1 Å². The van der Waals surface area contributed by atoms with Crippen molar-refractivity contribution in [3.05, 3.63) is 42.7 Å². The topological polar surface area (TPSA) is 82.9 Å². The number of nitrogens with zero attached hydrogens (tertiary/aromatic N) is 4. The van der Waals surface area contributed by atoms with Crippen LogP contribution in [0.3, 0.4) is 0 Å². The van der Waals surface area contributed by atoms with Crippen LogP contribution in [-0.2, 0) is 9.59 Å². The molecule has 0 spiro atoms. The number of carbonyl (C=O) groups excluding carboxylic acids is 2. The first-order valence-electron chi connectivity index (χ1n) is 10.0. The highest BCUT2D eigenvalue weighted by Crippen LogP contribution is 2.36. The van der Waals surface area contributed by atoms with Crippen LogP contribution in [0.15, 0.2) is 42.7 Å². The fraction of sp³-hybridized carbons (Fsp3) is 0.429. The van der Waals surface area contributed by atoms with Crippen LogP contribution in [-0.4, -0.2) is 59.5 Å². The largest absolute Gasteiger partial charge is 0.330 e. The van der Waals surface area contributed by atoms with Gasteiger partial charge in [-0.2, -0.15) is 0 Å². The molecule has 29 heavy (non-hydrogen) atoms. The molecular weight excluding hydrogens is 368 g/mol. The van der Waals surface area contributed by atoms with Crippen LogP contribution in [0.25, 0.3) is 0 Å². The van der Waals surface area contributed by atoms with Gasteiger partial charge in [-0.3, -0.25) is 14.5 Å². The van der Waals surface area contributed by atoms with Gasteiger partial charge in [0.2, 0.25) is 11.9 Å². The molecule has 8 nitrogen and oxygen atoms in total. The SMILES string of the molecule is C[C@@H](C(=O)N1c2ccccc2NC(=O)C1(C)C)[NH+]1CCN(c2ncccn2)CC1. The zero-order valence-corrected chi connectivity index (χ0v) is 17.1. The predicted molar refractivity (Wildman–Crippen MR) is 111 cm³/mol. The second-order valence-electron chi connectivity index (χ2n) is 8.12. The summed E-state index contributed by atoms with van der Waals surface area (Å²) in [6.07, 6.45) is 3.49. The van der Waals surface area contributed by atoms with Crippen molar-refractivity contribution in [2.75, 3.05) is 41.3 Å². The lowest BCUT2D eigenvalue weighted by atomic mass is 9.95. The van der Waals surface area contributed by atoms with Gasteiger partial charge in [0.05, 0.1) is 37.6 Å². The van der Waals surface area contributed by atoms with Gasteiger partial charge in [-0.05, 0) is 39.0 Å². The molecule has 2 N–H and O–H groups in total. The second-order valence-corrected chi connectivity index (χ2v) is 8.12. The summed E-state index contributed by atoms with van der Waals surface area (Å²) in [7, 11) is 0. The van der Waals surface area contributed by atoms with Crippen LogP contribution in [0.2, 0.25) is 0 Å². The highest BCUT2D eigenvalue weighted by atomic mass is 16.2. The molecule has 2 aromatic rings. The maximum Gasteiger partial charge on any atom is 0.285 e. The molecule has 4 rings (SSSR count). The Labute approximate surface area is 170 Å². The Morgan fingerprint density at radius 1 is 1.14 bits per heavy atom. The highest BCUT2D eigenvalue weighted by Gasteiger charge is 2.46. The third-order valence-corrected chi connectivity index (χ3v) is 5.95. The minimum Gasteiger partial charge on any atom is -0.330 e. The average Bonchev–Trinajstić information content (AvgIpc) is 2.74. The molecule has 0 bridgehead atoms. The van der Waals surface area contributed by atoms with Crippen LogP contribution < -0.4 is 20.0 Å². The monoisotopic (exact) mass is 395 g/mol. The number of aromatic nitrogens is 2. The van der Waals surface area contributed by atoms with E-state index in [1.54, 1.807) is 37.2 Å². The molecule has 1 aromatic carbocycles. The van der Waals surface area contributed by atoms with Crippen molar-refractivity contribution in [3.8, 4) is 0 Å². The summed E-state index contributed by atoms with van der Waals surface area (Å²) in [5.41, 5.74) is 0.488. The fourth-order valence-electron chi connectivity index (χ4n) is 4.10. The Morgan fingerprint density at radius 2 is 1.79 bits per heavy atom. The number of carbonyl (C=O) groups is 2. The molecule has 8 heteroatoms. The van der Waals surface area contributed by atoms with E-state index in [0.717, 1.165) is 37.8 Å². The molecule has 152 valence electrons. The number of fused-ring (bicyclic) bond motifs is 1. The van der Waals surface area contributed by atoms with Gasteiger partial charge in [-0.25, -0.2) is 9.97 Å². The minimum absolute atomic E-state index is 0.0308. The van der Waals surface area contributed by atoms with Crippen molar-refractivity contribution < 1.29 is 14.5 Å². The molecule has 0 aliphatic carbocycles. The summed E-state index contributed by atoms with van der Waals surface area (Å²) < 4.78 is 0. The third kappa shape index (κ3) is 3.44. The number of quaternary nitrogens is 1. The molecular formula is C21H27N6O2+. The normalized spacial score (nSPS) is 20.0. The Bertz CT molecular complexity index is 908. The zero-order chi connectivity index (χ0) is 20.6. The van der Waals surface area contributed by atoms with Crippen molar-refractivity contribution in [1.29, 1.82) is 0 Å². The van der Waals surface area contributed by atoms with Gasteiger partial charge in [0.1, 0.15) is 5.54 Å². The summed E-state index contributed by atoms with van der Waals surface area (Å²) in [6.45, 7) is 8.75. The number of anilines is 3. The van der Waals surface area contributed by atoms with E-state index < -0.39 is 5.54 Å². The van der Waals surface area contributed by atoms with E-state index in [1.807, 2.05) is 31.2 Å². The van der Waals surface area contributed by atoms with Crippen LogP contribution in [0.4, 0.5) is 17.3 Å². The van der Waals surface area contributed by atoms with E-state index in [0.29, 0.717) is 5.69 Å². The Kier molecular flexibility index (Phi) is 4.96. The zero-order valence-electron chi connectivity index (χ0n) is 17.1. The first kappa shape index (κ1) is 19.3. The molecule has 2 aliphatic rings. The van der Waals surface area contributed by atoms with Gasteiger partial charge >= 0.3 is 0 Å². The van der Waals surface area contributed by atoms with Gasteiger partial charge in [-0.1, -0.05) is 12.1 Å². The summed E-state index contributed by atoms with van der Waals surface area (Å²) in [5, 5.41) is 2.92. The lowest BCUT2D eigenvalue weighted by molar-refractivity contribution is -0.914. The van der Waals surface area contributed by atoms with Gasteiger partial charge in [0.25, 0.3) is 5.91 Å². The van der Waals surface area contributed by atoms with E-state index in [2.05, 4.69) is 20.2 Å². The molecule has 0 saturated carbocycles. The number of hydrogen-bond acceptors (Lipinski definition) is 5.